The maximum atomic E-state index is 8.61. The Bertz CT molecular complexity index is 53.7. The summed E-state index contributed by atoms with van der Waals surface area (Å²) < 4.78 is 34.4. The maximum absolute atomic E-state index is 8.61. The van der Waals surface area contributed by atoms with Crippen molar-refractivity contribution in [2.75, 3.05) is 0 Å². The first kappa shape index (κ1) is 9.90. The molecule has 0 aromatic carbocycles. The van der Waals surface area contributed by atoms with Crippen LogP contribution in [-0.4, -0.2) is 14.5 Å². The van der Waals surface area contributed by atoms with Crippen LogP contribution in [0.3, 0.4) is 0 Å². The molecule has 0 aliphatic heterocycles. The molecule has 0 aromatic rings. The van der Waals surface area contributed by atoms with Gasteiger partial charge in [0.05, 0.1) is 0 Å². The van der Waals surface area contributed by atoms with Gasteiger partial charge in [0.2, 0.25) is 0 Å². The summed E-state index contributed by atoms with van der Waals surface area (Å²) in [6.07, 6.45) is 0. The van der Waals surface area contributed by atoms with E-state index in [1.165, 1.54) is 0 Å². The summed E-state index contributed by atoms with van der Waals surface area (Å²) in [6.45, 7) is 0. The quantitative estimate of drug-likeness (QED) is 0.367. The molecule has 0 bridgehead atoms. The van der Waals surface area contributed by atoms with Crippen LogP contribution < -0.4 is 12.3 Å². The molecule has 0 atom stereocenters. The molecule has 0 fully saturated rings. The second-order valence-electron chi connectivity index (χ2n) is 0.447. The van der Waals surface area contributed by atoms with Crippen molar-refractivity contribution in [1.29, 1.82) is 0 Å². The molecule has 0 aromatic heterocycles. The van der Waals surface area contributed by atoms with Crippen molar-refractivity contribution in [1.82, 2.24) is 0 Å². The van der Waals surface area contributed by atoms with Crippen molar-refractivity contribution < 1.29 is 33.1 Å². The summed E-state index contributed by atoms with van der Waals surface area (Å²) >= 11 is -5.88. The van der Waals surface area contributed by atoms with Gasteiger partial charge in [0.15, 0.2) is 0 Å². The molecule has 0 saturated heterocycles. The van der Waals surface area contributed by atoms with Crippen molar-refractivity contribution in [3.63, 3.8) is 0 Å². The largest absolute Gasteiger partial charge is 3.00 e. The van der Waals surface area contributed by atoms with E-state index in [1.54, 1.807) is 0 Å². The zero-order valence-corrected chi connectivity index (χ0v) is 5.52. The average Bonchev–Trinajstić information content (AvgIpc) is 0.722. The first-order valence-corrected chi connectivity index (χ1v) is 3.79. The molecular weight excluding hydrogens is 194 g/mol. The molecule has 0 aliphatic rings. The third-order valence-electron chi connectivity index (χ3n) is 0. The summed E-state index contributed by atoms with van der Waals surface area (Å²) in [4.78, 5) is 0. The molecule has 4 nitrogen and oxygen atoms in total. The van der Waals surface area contributed by atoms with Crippen LogP contribution in [0.4, 0.5) is 0 Å². The van der Waals surface area contributed by atoms with Crippen LogP contribution in [0, 0.1) is 0 Å². The maximum Gasteiger partial charge on any atom is 3.00 e. The third-order valence-corrected chi connectivity index (χ3v) is 0. The van der Waals surface area contributed by atoms with Gasteiger partial charge in [0.25, 0.3) is 0 Å². The summed E-state index contributed by atoms with van der Waals surface area (Å²) in [5, 5.41) is 0. The van der Waals surface area contributed by atoms with Crippen LogP contribution in [0.1, 0.15) is 0 Å². The van der Waals surface area contributed by atoms with E-state index in [0.29, 0.717) is 0 Å². The van der Waals surface area contributed by atoms with Gasteiger partial charge in [-0.05, 0) is 0 Å². The van der Waals surface area contributed by atoms with E-state index < -0.39 is 14.5 Å². The van der Waals surface area contributed by atoms with Gasteiger partial charge in [-0.2, -0.15) is 0 Å². The Morgan fingerprint density at radius 3 is 1.17 bits per heavy atom. The van der Waals surface area contributed by atoms with Gasteiger partial charge in [0, 0.05) is 0 Å². The Morgan fingerprint density at radius 2 is 1.17 bits per heavy atom. The van der Waals surface area contributed by atoms with Gasteiger partial charge in [-0.25, -0.2) is 0 Å². The molecular formula is AsMnO4. The van der Waals surface area contributed by atoms with Crippen molar-refractivity contribution in [3.05, 3.63) is 0 Å². The second-order valence-corrected chi connectivity index (χ2v) is 2.32. The van der Waals surface area contributed by atoms with Gasteiger partial charge in [-0.3, -0.25) is 0 Å². The normalized spacial score (nSPS) is 9.83. The van der Waals surface area contributed by atoms with Crippen LogP contribution in [0.2, 0.25) is 0 Å². The van der Waals surface area contributed by atoms with Crippen LogP contribution in [0.5, 0.6) is 0 Å². The Balaban J connectivity index is 0. The van der Waals surface area contributed by atoms with Gasteiger partial charge < -0.3 is 0 Å². The summed E-state index contributed by atoms with van der Waals surface area (Å²) in [6, 6.07) is 0. The third kappa shape index (κ3) is 117. The minimum Gasteiger partial charge on any atom is 3.00 e. The number of rotatable bonds is 0. The predicted molar refractivity (Wildman–Crippen MR) is 6.44 cm³/mol. The molecule has 0 aliphatic carbocycles. The molecule has 0 spiro atoms. The van der Waals surface area contributed by atoms with Gasteiger partial charge in [-0.1, -0.05) is 0 Å². The van der Waals surface area contributed by atoms with Crippen LogP contribution in [0.15, 0.2) is 0 Å². The van der Waals surface area contributed by atoms with Crippen molar-refractivity contribution >= 4 is 14.5 Å². The predicted octanol–water partition coefficient (Wildman–Crippen LogP) is -4.07. The van der Waals surface area contributed by atoms with Crippen molar-refractivity contribution in [2.45, 2.75) is 0 Å². The van der Waals surface area contributed by atoms with E-state index in [-0.39, 0.29) is 17.1 Å². The first-order valence-electron chi connectivity index (χ1n) is 0.730. The Kier molecular flexibility index (Phi) is 4.71. The molecule has 0 saturated carbocycles. The monoisotopic (exact) mass is 194 g/mol. The standard InChI is InChI=1S/AsH3O4.Mn/c2-1(3,4)5;/h(H3,2,3,4,5);/q;+3/p-3. The fourth-order valence-electron chi connectivity index (χ4n) is 0. The first-order chi connectivity index (χ1) is 2.00. The van der Waals surface area contributed by atoms with Gasteiger partial charge >= 0.3 is 47.6 Å². The molecule has 6 heteroatoms. The number of hydrogen-bond donors (Lipinski definition) is 0. The van der Waals surface area contributed by atoms with Crippen molar-refractivity contribution in [3.8, 4) is 0 Å². The molecule has 0 radical (unpaired) electrons. The molecule has 0 amide bonds. The molecule has 0 heterocycles. The Hall–Kier alpha value is 0.758. The van der Waals surface area contributed by atoms with E-state index in [0.717, 1.165) is 0 Å². The van der Waals surface area contributed by atoms with Crippen LogP contribution in [0.25, 0.3) is 0 Å². The van der Waals surface area contributed by atoms with E-state index in [1.807, 2.05) is 0 Å². The average molecular weight is 194 g/mol. The molecule has 6 heavy (non-hydrogen) atoms. The topological polar surface area (TPSA) is 86.2 Å². The number of hydrogen-bond acceptors (Lipinski definition) is 4. The minimum absolute atomic E-state index is 0. The molecule has 0 rings (SSSR count). The summed E-state index contributed by atoms with van der Waals surface area (Å²) in [5.74, 6) is 0. The van der Waals surface area contributed by atoms with Crippen molar-refractivity contribution in [2.24, 2.45) is 0 Å². The molecule has 0 N–H and O–H groups in total. The SMILES string of the molecule is O=[As]([O-])([O-])[O-].[Mn+3]. The fourth-order valence-corrected chi connectivity index (χ4v) is 0. The van der Waals surface area contributed by atoms with E-state index in [4.69, 9.17) is 16.0 Å². The van der Waals surface area contributed by atoms with E-state index >= 15 is 0 Å². The fraction of sp³-hybridized carbons (Fsp3) is 0. The molecule has 36 valence electrons. The smallest absolute Gasteiger partial charge is 3.00 e. The second kappa shape index (κ2) is 2.85. The summed E-state index contributed by atoms with van der Waals surface area (Å²) in [7, 11) is 0. The Morgan fingerprint density at radius 1 is 1.17 bits per heavy atom. The van der Waals surface area contributed by atoms with Gasteiger partial charge in [0.1, 0.15) is 0 Å². The van der Waals surface area contributed by atoms with Crippen LogP contribution in [-0.2, 0) is 20.8 Å². The van der Waals surface area contributed by atoms with E-state index in [9.17, 15) is 0 Å². The summed E-state index contributed by atoms with van der Waals surface area (Å²) in [5.41, 5.74) is 0. The molecule has 0 unspecified atom stereocenters. The minimum atomic E-state index is -5.88. The zero-order valence-electron chi connectivity index (χ0n) is 2.46. The Labute approximate surface area is 48.0 Å². The van der Waals surface area contributed by atoms with Gasteiger partial charge in [-0.15, -0.1) is 0 Å². The van der Waals surface area contributed by atoms with E-state index in [2.05, 4.69) is 0 Å². The van der Waals surface area contributed by atoms with Crippen LogP contribution >= 0.6 is 0 Å². The zero-order chi connectivity index (χ0) is 4.50.